The second-order valence-electron chi connectivity index (χ2n) is 5.34. The van der Waals surface area contributed by atoms with Crippen molar-refractivity contribution in [3.05, 3.63) is 30.6 Å². The minimum atomic E-state index is -0.341. The van der Waals surface area contributed by atoms with Gasteiger partial charge in [-0.05, 0) is 19.1 Å². The number of morpholine rings is 1. The quantitative estimate of drug-likeness (QED) is 0.876. The molecule has 0 spiro atoms. The van der Waals surface area contributed by atoms with Gasteiger partial charge in [0.2, 0.25) is 5.91 Å². The summed E-state index contributed by atoms with van der Waals surface area (Å²) >= 11 is 0. The second-order valence-corrected chi connectivity index (χ2v) is 5.34. The Morgan fingerprint density at radius 1 is 1.50 bits per heavy atom. The molecule has 2 atom stereocenters. The fraction of sp³-hybridized carbons (Fsp3) is 0.400. The Labute approximate surface area is 128 Å². The van der Waals surface area contributed by atoms with Gasteiger partial charge in [0.15, 0.2) is 5.82 Å². The van der Waals surface area contributed by atoms with Crippen LogP contribution in [0.25, 0.3) is 11.4 Å². The molecule has 1 saturated heterocycles. The number of carbonyl (C=O) groups is 1. The number of amides is 1. The molecule has 1 fully saturated rings. The number of anilines is 1. The molecule has 7 nitrogen and oxygen atoms in total. The first-order valence-electron chi connectivity index (χ1n) is 7.25. The van der Waals surface area contributed by atoms with E-state index in [1.807, 2.05) is 42.8 Å². The first-order chi connectivity index (χ1) is 10.6. The number of aromatic nitrogens is 3. The van der Waals surface area contributed by atoms with E-state index in [1.54, 1.807) is 6.33 Å². The van der Waals surface area contributed by atoms with Gasteiger partial charge in [0.1, 0.15) is 12.4 Å². The van der Waals surface area contributed by atoms with Gasteiger partial charge in [0.05, 0.1) is 12.7 Å². The molecular weight excluding hydrogens is 282 g/mol. The van der Waals surface area contributed by atoms with Crippen LogP contribution in [0.2, 0.25) is 0 Å². The maximum absolute atomic E-state index is 12.4. The summed E-state index contributed by atoms with van der Waals surface area (Å²) in [6.07, 6.45) is 1.50. The zero-order valence-corrected chi connectivity index (χ0v) is 12.6. The van der Waals surface area contributed by atoms with E-state index >= 15 is 0 Å². The van der Waals surface area contributed by atoms with E-state index < -0.39 is 0 Å². The average Bonchev–Trinajstić information content (AvgIpc) is 2.94. The first-order valence-corrected chi connectivity index (χ1v) is 7.25. The van der Waals surface area contributed by atoms with Crippen molar-refractivity contribution in [2.75, 3.05) is 18.5 Å². The van der Waals surface area contributed by atoms with Crippen LogP contribution in [0.4, 0.5) is 5.69 Å². The van der Waals surface area contributed by atoms with Crippen LogP contribution >= 0.6 is 0 Å². The lowest BCUT2D eigenvalue weighted by molar-refractivity contribution is -0.123. The largest absolute Gasteiger partial charge is 0.375 e. The summed E-state index contributed by atoms with van der Waals surface area (Å²) in [5.41, 5.74) is 1.63. The van der Waals surface area contributed by atoms with Crippen LogP contribution in [0, 0.1) is 0 Å². The summed E-state index contributed by atoms with van der Waals surface area (Å²) in [6.45, 7) is 3.21. The molecule has 0 unspecified atom stereocenters. The molecule has 0 aliphatic carbocycles. The van der Waals surface area contributed by atoms with Gasteiger partial charge in [-0.3, -0.25) is 4.79 Å². The van der Waals surface area contributed by atoms with E-state index in [0.717, 1.165) is 17.1 Å². The monoisotopic (exact) mass is 301 g/mol. The van der Waals surface area contributed by atoms with E-state index in [1.165, 1.54) is 0 Å². The van der Waals surface area contributed by atoms with Crippen LogP contribution in [0.1, 0.15) is 6.92 Å². The molecule has 3 rings (SSSR count). The Balaban J connectivity index is 1.75. The summed E-state index contributed by atoms with van der Waals surface area (Å²) < 4.78 is 7.34. The van der Waals surface area contributed by atoms with Crippen molar-refractivity contribution in [1.82, 2.24) is 20.1 Å². The van der Waals surface area contributed by atoms with Crippen molar-refractivity contribution in [1.29, 1.82) is 0 Å². The highest BCUT2D eigenvalue weighted by molar-refractivity contribution is 5.95. The van der Waals surface area contributed by atoms with Gasteiger partial charge in [-0.15, -0.1) is 10.2 Å². The molecule has 0 bridgehead atoms. The number of carbonyl (C=O) groups excluding carboxylic acids is 1. The number of ether oxygens (including phenoxy) is 1. The van der Waals surface area contributed by atoms with Gasteiger partial charge < -0.3 is 19.9 Å². The average molecular weight is 301 g/mol. The van der Waals surface area contributed by atoms with Crippen molar-refractivity contribution in [3.8, 4) is 11.4 Å². The van der Waals surface area contributed by atoms with Crippen molar-refractivity contribution in [2.24, 2.45) is 7.05 Å². The summed E-state index contributed by atoms with van der Waals surface area (Å²) in [5.74, 6) is 0.658. The third-order valence-corrected chi connectivity index (χ3v) is 3.70. The number of hydrogen-bond donors (Lipinski definition) is 2. The Morgan fingerprint density at radius 2 is 2.36 bits per heavy atom. The number of rotatable bonds is 3. The van der Waals surface area contributed by atoms with Crippen LogP contribution in [-0.4, -0.2) is 46.0 Å². The molecule has 1 aromatic carbocycles. The number of hydrogen-bond acceptors (Lipinski definition) is 5. The van der Waals surface area contributed by atoms with E-state index in [0.29, 0.717) is 13.2 Å². The number of benzene rings is 1. The summed E-state index contributed by atoms with van der Waals surface area (Å²) in [4.78, 5) is 12.4. The third-order valence-electron chi connectivity index (χ3n) is 3.70. The molecule has 7 heteroatoms. The third kappa shape index (κ3) is 3.00. The van der Waals surface area contributed by atoms with Gasteiger partial charge >= 0.3 is 0 Å². The molecule has 1 aliphatic rings. The lowest BCUT2D eigenvalue weighted by Crippen LogP contribution is -2.53. The summed E-state index contributed by atoms with van der Waals surface area (Å²) in [7, 11) is 1.88. The van der Waals surface area contributed by atoms with E-state index in [9.17, 15) is 4.79 Å². The van der Waals surface area contributed by atoms with Crippen LogP contribution in [0.5, 0.6) is 0 Å². The van der Waals surface area contributed by atoms with E-state index in [2.05, 4.69) is 20.8 Å². The number of nitrogens with zero attached hydrogens (tertiary/aromatic N) is 3. The normalized spacial score (nSPS) is 21.5. The zero-order chi connectivity index (χ0) is 15.5. The predicted octanol–water partition coefficient (Wildman–Crippen LogP) is 0.797. The van der Waals surface area contributed by atoms with E-state index in [-0.39, 0.29) is 18.1 Å². The molecule has 116 valence electrons. The van der Waals surface area contributed by atoms with Gasteiger partial charge in [0.25, 0.3) is 0 Å². The highest BCUT2D eigenvalue weighted by Gasteiger charge is 2.28. The van der Waals surface area contributed by atoms with Crippen LogP contribution in [0.3, 0.4) is 0 Å². The lowest BCUT2D eigenvalue weighted by Gasteiger charge is -2.29. The molecule has 1 aliphatic heterocycles. The smallest absolute Gasteiger partial charge is 0.244 e. The molecule has 2 heterocycles. The van der Waals surface area contributed by atoms with Crippen LogP contribution in [-0.2, 0) is 16.6 Å². The first kappa shape index (κ1) is 14.7. The SMILES string of the molecule is C[C@H]1OCCN[C@@H]1C(=O)Nc1cccc(-c2nncn2C)c1. The van der Waals surface area contributed by atoms with Gasteiger partial charge in [-0.25, -0.2) is 0 Å². The molecule has 0 saturated carbocycles. The van der Waals surface area contributed by atoms with Crippen LogP contribution in [0.15, 0.2) is 30.6 Å². The van der Waals surface area contributed by atoms with Crippen molar-refractivity contribution >= 4 is 11.6 Å². The number of nitrogens with one attached hydrogen (secondary N) is 2. The predicted molar refractivity (Wildman–Crippen MR) is 82.3 cm³/mol. The van der Waals surface area contributed by atoms with Gasteiger partial charge in [-0.2, -0.15) is 0 Å². The van der Waals surface area contributed by atoms with E-state index in [4.69, 9.17) is 4.74 Å². The van der Waals surface area contributed by atoms with Crippen LogP contribution < -0.4 is 10.6 Å². The fourth-order valence-electron chi connectivity index (χ4n) is 2.53. The van der Waals surface area contributed by atoms with Gasteiger partial charge in [0, 0.05) is 24.8 Å². The lowest BCUT2D eigenvalue weighted by atomic mass is 10.1. The van der Waals surface area contributed by atoms with Gasteiger partial charge in [-0.1, -0.05) is 12.1 Å². The minimum absolute atomic E-state index is 0.0951. The Kier molecular flexibility index (Phi) is 4.17. The zero-order valence-electron chi connectivity index (χ0n) is 12.6. The Hall–Kier alpha value is -2.25. The topological polar surface area (TPSA) is 81.1 Å². The minimum Gasteiger partial charge on any atom is -0.375 e. The Bertz CT molecular complexity index is 669. The Morgan fingerprint density at radius 3 is 3.09 bits per heavy atom. The molecule has 22 heavy (non-hydrogen) atoms. The molecule has 2 aromatic rings. The standard InChI is InChI=1S/C15H19N5O2/c1-10-13(16-6-7-22-10)15(21)18-12-5-3-4-11(8-12)14-19-17-9-20(14)2/h3-5,8-10,13,16H,6-7H2,1-2H3,(H,18,21)/t10-,13+/m1/s1. The highest BCUT2D eigenvalue weighted by atomic mass is 16.5. The van der Waals surface area contributed by atoms with Crippen molar-refractivity contribution in [2.45, 2.75) is 19.1 Å². The molecule has 1 aromatic heterocycles. The molecule has 2 N–H and O–H groups in total. The maximum Gasteiger partial charge on any atom is 0.244 e. The molecular formula is C15H19N5O2. The summed E-state index contributed by atoms with van der Waals surface area (Å²) in [6, 6.07) is 7.22. The number of aryl methyl sites for hydroxylation is 1. The van der Waals surface area contributed by atoms with Crippen molar-refractivity contribution < 1.29 is 9.53 Å². The van der Waals surface area contributed by atoms with Crippen molar-refractivity contribution in [3.63, 3.8) is 0 Å². The summed E-state index contributed by atoms with van der Waals surface area (Å²) in [5, 5.41) is 14.0. The fourth-order valence-corrected chi connectivity index (χ4v) is 2.53. The molecule has 0 radical (unpaired) electrons. The second kappa shape index (κ2) is 6.25. The highest BCUT2D eigenvalue weighted by Crippen LogP contribution is 2.20. The molecule has 1 amide bonds. The maximum atomic E-state index is 12.4.